The highest BCUT2D eigenvalue weighted by Crippen LogP contribution is 2.17. The van der Waals surface area contributed by atoms with Crippen molar-refractivity contribution in [3.63, 3.8) is 0 Å². The van der Waals surface area contributed by atoms with E-state index in [-0.39, 0.29) is 6.42 Å². The number of fused-ring (bicyclic) bond motifs is 1. The van der Waals surface area contributed by atoms with E-state index in [0.29, 0.717) is 0 Å². The molecule has 0 fully saturated rings. The molecular formula is C23H31N3O5. The van der Waals surface area contributed by atoms with Gasteiger partial charge in [-0.25, -0.2) is 9.86 Å². The Bertz CT molecular complexity index is 938. The molecule has 2 atom stereocenters. The van der Waals surface area contributed by atoms with E-state index in [1.807, 2.05) is 42.5 Å². The predicted molar refractivity (Wildman–Crippen MR) is 118 cm³/mol. The van der Waals surface area contributed by atoms with E-state index >= 15 is 0 Å². The average molecular weight is 430 g/mol. The quantitative estimate of drug-likeness (QED) is 0.660. The second-order valence-corrected chi connectivity index (χ2v) is 8.33. The summed E-state index contributed by atoms with van der Waals surface area (Å²) in [6.45, 7) is 6.72. The van der Waals surface area contributed by atoms with Gasteiger partial charge in [0.25, 0.3) is 5.91 Å². The molecule has 2 N–H and O–H groups in total. The molecule has 2 aromatic carbocycles. The number of carbonyl (C=O) groups is 3. The third-order valence-electron chi connectivity index (χ3n) is 4.58. The number of nitrogens with one attached hydrogen (secondary N) is 2. The highest BCUT2D eigenvalue weighted by molar-refractivity contribution is 5.91. The molecule has 2 aromatic rings. The molecule has 8 heteroatoms. The van der Waals surface area contributed by atoms with Gasteiger partial charge in [-0.3, -0.25) is 14.4 Å². The Labute approximate surface area is 182 Å². The predicted octanol–water partition coefficient (Wildman–Crippen LogP) is 2.80. The summed E-state index contributed by atoms with van der Waals surface area (Å²) in [6.07, 6.45) is -0.441. The highest BCUT2D eigenvalue weighted by atomic mass is 16.7. The second kappa shape index (κ2) is 10.3. The van der Waals surface area contributed by atoms with Crippen LogP contribution >= 0.6 is 0 Å². The van der Waals surface area contributed by atoms with Crippen LogP contribution in [-0.4, -0.2) is 54.8 Å². The zero-order valence-corrected chi connectivity index (χ0v) is 18.9. The molecule has 0 bridgehead atoms. The summed E-state index contributed by atoms with van der Waals surface area (Å²) in [5.41, 5.74) is 0.199. The lowest BCUT2D eigenvalue weighted by Gasteiger charge is -2.25. The monoisotopic (exact) mass is 429 g/mol. The van der Waals surface area contributed by atoms with Crippen LogP contribution < -0.4 is 10.6 Å². The molecular weight excluding hydrogens is 398 g/mol. The maximum Gasteiger partial charge on any atom is 0.408 e. The van der Waals surface area contributed by atoms with Crippen molar-refractivity contribution >= 4 is 28.7 Å². The van der Waals surface area contributed by atoms with Crippen LogP contribution in [0.25, 0.3) is 10.8 Å². The van der Waals surface area contributed by atoms with Crippen molar-refractivity contribution < 1.29 is 24.0 Å². The molecule has 0 aliphatic carbocycles. The van der Waals surface area contributed by atoms with Gasteiger partial charge in [0.05, 0.1) is 7.11 Å². The summed E-state index contributed by atoms with van der Waals surface area (Å²) in [5, 5.41) is 8.39. The summed E-state index contributed by atoms with van der Waals surface area (Å²) in [6, 6.07) is 12.0. The summed E-state index contributed by atoms with van der Waals surface area (Å²) in [7, 11) is 2.85. The van der Waals surface area contributed by atoms with Crippen LogP contribution in [0.3, 0.4) is 0 Å². The lowest BCUT2D eigenvalue weighted by atomic mass is 10.0. The number of alkyl carbamates (subject to hydrolysis) is 1. The molecule has 0 spiro atoms. The topological polar surface area (TPSA) is 97.0 Å². The van der Waals surface area contributed by atoms with E-state index in [2.05, 4.69) is 10.6 Å². The van der Waals surface area contributed by atoms with Gasteiger partial charge in [0.15, 0.2) is 0 Å². The number of ether oxygens (including phenoxy) is 1. The Morgan fingerprint density at radius 3 is 2.29 bits per heavy atom. The SMILES string of the molecule is CON(C)C(=O)[C@@H](Cc1ccc2ccccc2c1)NC(=O)[C@H](C)NC(=O)OC(C)(C)C. The lowest BCUT2D eigenvalue weighted by Crippen LogP contribution is -2.54. The highest BCUT2D eigenvalue weighted by Gasteiger charge is 2.28. The molecule has 0 heterocycles. The summed E-state index contributed by atoms with van der Waals surface area (Å²) >= 11 is 0. The van der Waals surface area contributed by atoms with Crippen LogP contribution in [0.5, 0.6) is 0 Å². The number of nitrogens with zero attached hydrogens (tertiary/aromatic N) is 1. The fraction of sp³-hybridized carbons (Fsp3) is 0.435. The first-order valence-corrected chi connectivity index (χ1v) is 10.1. The van der Waals surface area contributed by atoms with Gasteiger partial charge in [0, 0.05) is 13.5 Å². The van der Waals surface area contributed by atoms with Crippen molar-refractivity contribution in [3.05, 3.63) is 48.0 Å². The fourth-order valence-corrected chi connectivity index (χ4v) is 2.96. The minimum Gasteiger partial charge on any atom is -0.444 e. The van der Waals surface area contributed by atoms with Gasteiger partial charge >= 0.3 is 6.09 Å². The first-order chi connectivity index (χ1) is 14.5. The van der Waals surface area contributed by atoms with Gasteiger partial charge in [-0.15, -0.1) is 0 Å². The molecule has 8 nitrogen and oxygen atoms in total. The number of amides is 3. The molecule has 0 unspecified atom stereocenters. The Balaban J connectivity index is 2.14. The van der Waals surface area contributed by atoms with Crippen molar-refractivity contribution in [2.75, 3.05) is 14.2 Å². The van der Waals surface area contributed by atoms with Crippen molar-refractivity contribution in [2.45, 2.75) is 51.8 Å². The zero-order chi connectivity index (χ0) is 23.2. The Morgan fingerprint density at radius 2 is 1.68 bits per heavy atom. The minimum absolute atomic E-state index is 0.266. The van der Waals surface area contributed by atoms with Crippen molar-refractivity contribution in [2.24, 2.45) is 0 Å². The normalized spacial score (nSPS) is 13.2. The lowest BCUT2D eigenvalue weighted by molar-refractivity contribution is -0.171. The van der Waals surface area contributed by atoms with Gasteiger partial charge in [0.2, 0.25) is 5.91 Å². The number of likely N-dealkylation sites (N-methyl/N-ethyl adjacent to an activating group) is 1. The second-order valence-electron chi connectivity index (χ2n) is 8.33. The summed E-state index contributed by atoms with van der Waals surface area (Å²) < 4.78 is 5.18. The van der Waals surface area contributed by atoms with Crippen molar-refractivity contribution in [1.82, 2.24) is 15.7 Å². The number of benzene rings is 2. The van der Waals surface area contributed by atoms with Gasteiger partial charge in [0.1, 0.15) is 17.7 Å². The third-order valence-corrected chi connectivity index (χ3v) is 4.58. The molecule has 31 heavy (non-hydrogen) atoms. The van der Waals surface area contributed by atoms with Gasteiger partial charge in [-0.1, -0.05) is 42.5 Å². The van der Waals surface area contributed by atoms with E-state index in [4.69, 9.17) is 9.57 Å². The fourth-order valence-electron chi connectivity index (χ4n) is 2.96. The molecule has 0 aliphatic rings. The molecule has 2 rings (SSSR count). The Kier molecular flexibility index (Phi) is 7.99. The number of hydrogen-bond acceptors (Lipinski definition) is 5. The maximum absolute atomic E-state index is 12.8. The number of rotatable bonds is 7. The summed E-state index contributed by atoms with van der Waals surface area (Å²) in [4.78, 5) is 42.4. The molecule has 0 saturated heterocycles. The van der Waals surface area contributed by atoms with Gasteiger partial charge < -0.3 is 15.4 Å². The average Bonchev–Trinajstić information content (AvgIpc) is 2.70. The first-order valence-electron chi connectivity index (χ1n) is 10.1. The van der Waals surface area contributed by atoms with E-state index in [0.717, 1.165) is 21.4 Å². The minimum atomic E-state index is -0.894. The molecule has 168 valence electrons. The van der Waals surface area contributed by atoms with Crippen LogP contribution in [0.15, 0.2) is 42.5 Å². The Hall–Kier alpha value is -3.13. The third kappa shape index (κ3) is 7.25. The van der Waals surface area contributed by atoms with Gasteiger partial charge in [-0.2, -0.15) is 0 Å². The van der Waals surface area contributed by atoms with Crippen LogP contribution in [0.4, 0.5) is 4.79 Å². The van der Waals surface area contributed by atoms with Crippen LogP contribution in [-0.2, 0) is 25.6 Å². The van der Waals surface area contributed by atoms with E-state index in [1.165, 1.54) is 21.1 Å². The number of hydroxylamine groups is 2. The largest absolute Gasteiger partial charge is 0.444 e. The van der Waals surface area contributed by atoms with Crippen LogP contribution in [0, 0.1) is 0 Å². The first kappa shape index (κ1) is 24.1. The molecule has 0 aliphatic heterocycles. The van der Waals surface area contributed by atoms with E-state index in [1.54, 1.807) is 20.8 Å². The smallest absolute Gasteiger partial charge is 0.408 e. The number of carbonyl (C=O) groups excluding carboxylic acids is 3. The van der Waals surface area contributed by atoms with Crippen LogP contribution in [0.2, 0.25) is 0 Å². The van der Waals surface area contributed by atoms with E-state index < -0.39 is 35.6 Å². The molecule has 3 amide bonds. The number of hydrogen-bond donors (Lipinski definition) is 2. The Morgan fingerprint density at radius 1 is 1.03 bits per heavy atom. The van der Waals surface area contributed by atoms with Crippen molar-refractivity contribution in [3.8, 4) is 0 Å². The molecule has 0 radical (unpaired) electrons. The van der Waals surface area contributed by atoms with Gasteiger partial charge in [-0.05, 0) is 44.0 Å². The maximum atomic E-state index is 12.8. The van der Waals surface area contributed by atoms with E-state index in [9.17, 15) is 14.4 Å². The zero-order valence-electron chi connectivity index (χ0n) is 18.9. The van der Waals surface area contributed by atoms with Crippen molar-refractivity contribution in [1.29, 1.82) is 0 Å². The molecule has 0 aromatic heterocycles. The summed E-state index contributed by atoms with van der Waals surface area (Å²) in [5.74, 6) is -0.914. The molecule has 0 saturated carbocycles. The standard InChI is InChI=1S/C23H31N3O5/c1-15(24-22(29)31-23(2,3)4)20(27)25-19(21(28)26(5)30-6)14-16-11-12-17-9-7-8-10-18(17)13-16/h7-13,15,19H,14H2,1-6H3,(H,24,29)(H,25,27)/t15-,19+/m0/s1. The van der Waals surface area contributed by atoms with Crippen LogP contribution in [0.1, 0.15) is 33.3 Å².